The third kappa shape index (κ3) is 3.05. The third-order valence-electron chi connectivity index (χ3n) is 2.76. The fraction of sp³-hybridized carbons (Fsp3) is 0.286. The van der Waals surface area contributed by atoms with Gasteiger partial charge in [0, 0.05) is 23.9 Å². The van der Waals surface area contributed by atoms with E-state index in [2.05, 4.69) is 4.90 Å². The summed E-state index contributed by atoms with van der Waals surface area (Å²) in [6.07, 6.45) is 1.69. The minimum atomic E-state index is 0.712. The van der Waals surface area contributed by atoms with Crippen molar-refractivity contribution in [3.63, 3.8) is 0 Å². The molecule has 0 amide bonds. The van der Waals surface area contributed by atoms with Gasteiger partial charge in [0.15, 0.2) is 0 Å². The second kappa shape index (κ2) is 5.60. The molecule has 2 aromatic rings. The number of nitrogens with zero attached hydrogens (tertiary/aromatic N) is 1. The molecule has 96 valence electrons. The molecule has 18 heavy (non-hydrogen) atoms. The smallest absolute Gasteiger partial charge is 0.125 e. The molecule has 0 spiro atoms. The molecule has 0 atom stereocenters. The summed E-state index contributed by atoms with van der Waals surface area (Å²) in [5, 5.41) is 0. The average Bonchev–Trinajstić information content (AvgIpc) is 2.84. The number of benzene rings is 1. The third-order valence-corrected chi connectivity index (χ3v) is 2.76. The molecule has 0 aliphatic rings. The predicted molar refractivity (Wildman–Crippen MR) is 71.3 cm³/mol. The van der Waals surface area contributed by atoms with Gasteiger partial charge in [-0.15, -0.1) is 0 Å². The lowest BCUT2D eigenvalue weighted by atomic mass is 10.1. The van der Waals surface area contributed by atoms with Crippen LogP contribution in [0.1, 0.15) is 11.3 Å². The average molecular weight is 246 g/mol. The summed E-state index contributed by atoms with van der Waals surface area (Å²) in [5.74, 6) is 1.77. The van der Waals surface area contributed by atoms with Gasteiger partial charge in [0.05, 0.1) is 19.9 Å². The number of methoxy groups -OCH3 is 1. The van der Waals surface area contributed by atoms with Crippen molar-refractivity contribution in [2.45, 2.75) is 13.1 Å². The van der Waals surface area contributed by atoms with Gasteiger partial charge in [-0.2, -0.15) is 0 Å². The van der Waals surface area contributed by atoms with Crippen LogP contribution in [0, 0.1) is 0 Å². The van der Waals surface area contributed by atoms with Crippen LogP contribution in [0.15, 0.2) is 41.0 Å². The van der Waals surface area contributed by atoms with Crippen LogP contribution in [0.5, 0.6) is 5.75 Å². The lowest BCUT2D eigenvalue weighted by molar-refractivity contribution is 0.282. The Morgan fingerprint density at radius 3 is 2.78 bits per heavy atom. The number of furan rings is 1. The number of hydrogen-bond acceptors (Lipinski definition) is 4. The zero-order valence-electron chi connectivity index (χ0n) is 10.7. The van der Waals surface area contributed by atoms with Gasteiger partial charge in [0.1, 0.15) is 11.5 Å². The Hall–Kier alpha value is -1.94. The Morgan fingerprint density at radius 1 is 1.28 bits per heavy atom. The van der Waals surface area contributed by atoms with Gasteiger partial charge in [0.2, 0.25) is 0 Å². The van der Waals surface area contributed by atoms with E-state index in [9.17, 15) is 0 Å². The SMILES string of the molecule is COc1cc(N)ccc1CN(C)Cc1ccco1. The standard InChI is InChI=1S/C14H18N2O2/c1-16(10-13-4-3-7-18-13)9-11-5-6-12(15)8-14(11)17-2/h3-8H,9-10,15H2,1-2H3. The van der Waals surface area contributed by atoms with Crippen molar-refractivity contribution >= 4 is 5.69 Å². The molecule has 0 radical (unpaired) electrons. The van der Waals surface area contributed by atoms with Gasteiger partial charge in [-0.1, -0.05) is 6.07 Å². The summed E-state index contributed by atoms with van der Waals surface area (Å²) in [4.78, 5) is 2.16. The maximum atomic E-state index is 5.73. The van der Waals surface area contributed by atoms with E-state index in [4.69, 9.17) is 14.9 Å². The first-order chi connectivity index (χ1) is 8.69. The quantitative estimate of drug-likeness (QED) is 0.823. The summed E-state index contributed by atoms with van der Waals surface area (Å²) < 4.78 is 10.7. The zero-order chi connectivity index (χ0) is 13.0. The van der Waals surface area contributed by atoms with E-state index >= 15 is 0 Å². The number of ether oxygens (including phenoxy) is 1. The summed E-state index contributed by atoms with van der Waals surface area (Å²) in [6, 6.07) is 9.59. The fourth-order valence-corrected chi connectivity index (χ4v) is 1.91. The molecule has 1 aromatic heterocycles. The van der Waals surface area contributed by atoms with Crippen LogP contribution < -0.4 is 10.5 Å². The van der Waals surface area contributed by atoms with E-state index in [1.54, 1.807) is 13.4 Å². The first kappa shape index (κ1) is 12.5. The molecule has 0 unspecified atom stereocenters. The van der Waals surface area contributed by atoms with Crippen molar-refractivity contribution in [3.05, 3.63) is 47.9 Å². The van der Waals surface area contributed by atoms with Crippen LogP contribution in [-0.4, -0.2) is 19.1 Å². The largest absolute Gasteiger partial charge is 0.496 e. The Labute approximate surface area is 107 Å². The van der Waals surface area contributed by atoms with Crippen molar-refractivity contribution in [1.82, 2.24) is 4.90 Å². The molecular formula is C14H18N2O2. The van der Waals surface area contributed by atoms with Crippen molar-refractivity contribution in [2.24, 2.45) is 0 Å². The summed E-state index contributed by atoms with van der Waals surface area (Å²) in [5.41, 5.74) is 7.56. The second-order valence-electron chi connectivity index (χ2n) is 4.32. The highest BCUT2D eigenvalue weighted by Crippen LogP contribution is 2.23. The van der Waals surface area contributed by atoms with Crippen LogP contribution in [0.3, 0.4) is 0 Å². The van der Waals surface area contributed by atoms with E-state index in [1.165, 1.54) is 0 Å². The number of nitrogen functional groups attached to an aromatic ring is 1. The van der Waals surface area contributed by atoms with Crippen LogP contribution in [-0.2, 0) is 13.1 Å². The number of rotatable bonds is 5. The predicted octanol–water partition coefficient (Wildman–Crippen LogP) is 2.50. The van der Waals surface area contributed by atoms with E-state index in [0.29, 0.717) is 5.69 Å². The molecule has 0 aliphatic carbocycles. The minimum Gasteiger partial charge on any atom is -0.496 e. The molecule has 2 rings (SSSR count). The Kier molecular flexibility index (Phi) is 3.89. The zero-order valence-corrected chi connectivity index (χ0v) is 10.7. The summed E-state index contributed by atoms with van der Waals surface area (Å²) in [6.45, 7) is 1.55. The topological polar surface area (TPSA) is 51.6 Å². The lowest BCUT2D eigenvalue weighted by Gasteiger charge is -2.17. The number of anilines is 1. The van der Waals surface area contributed by atoms with Crippen molar-refractivity contribution in [2.75, 3.05) is 19.9 Å². The van der Waals surface area contributed by atoms with Gasteiger partial charge in [-0.25, -0.2) is 0 Å². The molecule has 0 aliphatic heterocycles. The Balaban J connectivity index is 2.04. The highest BCUT2D eigenvalue weighted by molar-refractivity contribution is 5.48. The number of nitrogens with two attached hydrogens (primary N) is 1. The van der Waals surface area contributed by atoms with Crippen LogP contribution >= 0.6 is 0 Å². The van der Waals surface area contributed by atoms with Crippen LogP contribution in [0.2, 0.25) is 0 Å². The lowest BCUT2D eigenvalue weighted by Crippen LogP contribution is -2.17. The fourth-order valence-electron chi connectivity index (χ4n) is 1.91. The highest BCUT2D eigenvalue weighted by Gasteiger charge is 2.08. The van der Waals surface area contributed by atoms with E-state index in [0.717, 1.165) is 30.2 Å². The van der Waals surface area contributed by atoms with E-state index in [-0.39, 0.29) is 0 Å². The Morgan fingerprint density at radius 2 is 2.11 bits per heavy atom. The van der Waals surface area contributed by atoms with Crippen molar-refractivity contribution in [1.29, 1.82) is 0 Å². The molecule has 0 bridgehead atoms. The van der Waals surface area contributed by atoms with Crippen molar-refractivity contribution < 1.29 is 9.15 Å². The van der Waals surface area contributed by atoms with Gasteiger partial charge in [-0.05, 0) is 25.2 Å². The minimum absolute atomic E-state index is 0.712. The maximum absolute atomic E-state index is 5.73. The van der Waals surface area contributed by atoms with Gasteiger partial charge < -0.3 is 14.9 Å². The molecule has 4 heteroatoms. The molecule has 0 saturated heterocycles. The molecule has 4 nitrogen and oxygen atoms in total. The Bertz CT molecular complexity index is 495. The summed E-state index contributed by atoms with van der Waals surface area (Å²) >= 11 is 0. The van der Waals surface area contributed by atoms with E-state index < -0.39 is 0 Å². The summed E-state index contributed by atoms with van der Waals surface area (Å²) in [7, 11) is 3.70. The monoisotopic (exact) mass is 246 g/mol. The van der Waals surface area contributed by atoms with Crippen LogP contribution in [0.25, 0.3) is 0 Å². The second-order valence-corrected chi connectivity index (χ2v) is 4.32. The van der Waals surface area contributed by atoms with E-state index in [1.807, 2.05) is 37.4 Å². The molecule has 0 saturated carbocycles. The normalized spacial score (nSPS) is 10.8. The van der Waals surface area contributed by atoms with Crippen molar-refractivity contribution in [3.8, 4) is 5.75 Å². The van der Waals surface area contributed by atoms with Gasteiger partial charge in [-0.3, -0.25) is 4.90 Å². The molecule has 2 N–H and O–H groups in total. The van der Waals surface area contributed by atoms with Gasteiger partial charge in [0.25, 0.3) is 0 Å². The first-order valence-electron chi connectivity index (χ1n) is 5.82. The number of hydrogen-bond donors (Lipinski definition) is 1. The molecule has 1 aromatic carbocycles. The van der Waals surface area contributed by atoms with Crippen LogP contribution in [0.4, 0.5) is 5.69 Å². The molecule has 0 fully saturated rings. The van der Waals surface area contributed by atoms with Gasteiger partial charge >= 0.3 is 0 Å². The maximum Gasteiger partial charge on any atom is 0.125 e. The highest BCUT2D eigenvalue weighted by atomic mass is 16.5. The first-order valence-corrected chi connectivity index (χ1v) is 5.82. The molecule has 1 heterocycles. The molecular weight excluding hydrogens is 228 g/mol.